The topological polar surface area (TPSA) is 58.9 Å². The Labute approximate surface area is 83.8 Å². The van der Waals surface area contributed by atoms with Crippen molar-refractivity contribution in [2.45, 2.75) is 50.1 Å². The van der Waals surface area contributed by atoms with Gasteiger partial charge in [0.05, 0.1) is 13.2 Å². The number of aliphatic hydroxyl groups excluding tert-OH is 2. The molecule has 0 unspecified atom stereocenters. The van der Waals surface area contributed by atoms with Gasteiger partial charge in [-0.1, -0.05) is 6.42 Å². The minimum Gasteiger partial charge on any atom is -0.388 e. The minimum atomic E-state index is -0.809. The predicted molar refractivity (Wildman–Crippen MR) is 49.7 cm³/mol. The maximum absolute atomic E-state index is 9.42. The Kier molecular flexibility index (Phi) is 3.07. The summed E-state index contributed by atoms with van der Waals surface area (Å²) in [5, 5.41) is 18.8. The van der Waals surface area contributed by atoms with Crippen LogP contribution in [0.15, 0.2) is 0 Å². The summed E-state index contributed by atoms with van der Waals surface area (Å²) in [7, 11) is 0. The van der Waals surface area contributed by atoms with Gasteiger partial charge in [0, 0.05) is 12.8 Å². The lowest BCUT2D eigenvalue weighted by atomic mass is 9.94. The van der Waals surface area contributed by atoms with Gasteiger partial charge in [-0.3, -0.25) is 0 Å². The van der Waals surface area contributed by atoms with Crippen LogP contribution in [0.1, 0.15) is 32.1 Å². The molecule has 2 N–H and O–H groups in total. The molecule has 0 aromatic carbocycles. The van der Waals surface area contributed by atoms with Crippen molar-refractivity contribution in [1.82, 2.24) is 0 Å². The second-order valence-electron chi connectivity index (χ2n) is 4.23. The number of ether oxygens (including phenoxy) is 2. The number of aliphatic hydroxyl groups is 2. The van der Waals surface area contributed by atoms with Crippen LogP contribution in [-0.4, -0.2) is 41.4 Å². The Hall–Kier alpha value is -0.160. The van der Waals surface area contributed by atoms with Gasteiger partial charge in [0.2, 0.25) is 0 Å². The molecular formula is C10H18O4. The Morgan fingerprint density at radius 3 is 1.86 bits per heavy atom. The van der Waals surface area contributed by atoms with Crippen LogP contribution in [0.2, 0.25) is 0 Å². The van der Waals surface area contributed by atoms with E-state index < -0.39 is 18.0 Å². The zero-order valence-corrected chi connectivity index (χ0v) is 8.32. The molecule has 1 saturated carbocycles. The summed E-state index contributed by atoms with van der Waals surface area (Å²) < 4.78 is 11.2. The van der Waals surface area contributed by atoms with Gasteiger partial charge in [0.15, 0.2) is 5.79 Å². The largest absolute Gasteiger partial charge is 0.388 e. The van der Waals surface area contributed by atoms with Crippen LogP contribution in [-0.2, 0) is 9.47 Å². The van der Waals surface area contributed by atoms with Crippen LogP contribution in [0.3, 0.4) is 0 Å². The standard InChI is InChI=1S/C10H18O4/c11-8-6-13-10(14-7-9(8)12)4-2-1-3-5-10/h8-9,11-12H,1-7H2/t8-,9-/m0/s1. The van der Waals surface area contributed by atoms with Gasteiger partial charge in [-0.2, -0.15) is 0 Å². The van der Waals surface area contributed by atoms with Gasteiger partial charge in [0.25, 0.3) is 0 Å². The second kappa shape index (κ2) is 4.14. The number of rotatable bonds is 0. The van der Waals surface area contributed by atoms with Crippen LogP contribution in [0.5, 0.6) is 0 Å². The van der Waals surface area contributed by atoms with Gasteiger partial charge >= 0.3 is 0 Å². The molecule has 1 aliphatic heterocycles. The quantitative estimate of drug-likeness (QED) is 0.597. The Morgan fingerprint density at radius 2 is 1.36 bits per heavy atom. The fourth-order valence-corrected chi connectivity index (χ4v) is 2.12. The molecule has 0 bridgehead atoms. The van der Waals surface area contributed by atoms with Crippen molar-refractivity contribution < 1.29 is 19.7 Å². The van der Waals surface area contributed by atoms with Crippen LogP contribution in [0, 0.1) is 0 Å². The highest BCUT2D eigenvalue weighted by Crippen LogP contribution is 2.34. The summed E-state index contributed by atoms with van der Waals surface area (Å²) in [6.45, 7) is 0.363. The highest BCUT2D eigenvalue weighted by Gasteiger charge is 2.38. The highest BCUT2D eigenvalue weighted by molar-refractivity contribution is 4.80. The van der Waals surface area contributed by atoms with E-state index in [2.05, 4.69) is 0 Å². The highest BCUT2D eigenvalue weighted by atomic mass is 16.7. The molecule has 0 radical (unpaired) electrons. The zero-order chi connectivity index (χ0) is 10.0. The van der Waals surface area contributed by atoms with Crippen molar-refractivity contribution in [2.75, 3.05) is 13.2 Å². The average molecular weight is 202 g/mol. The first-order chi connectivity index (χ1) is 6.72. The van der Waals surface area contributed by atoms with Crippen molar-refractivity contribution in [3.8, 4) is 0 Å². The molecule has 82 valence electrons. The van der Waals surface area contributed by atoms with E-state index in [0.29, 0.717) is 0 Å². The summed E-state index contributed by atoms with van der Waals surface area (Å²) in [4.78, 5) is 0. The van der Waals surface area contributed by atoms with Crippen molar-refractivity contribution in [3.05, 3.63) is 0 Å². The van der Waals surface area contributed by atoms with Crippen LogP contribution in [0.4, 0.5) is 0 Å². The van der Waals surface area contributed by atoms with Crippen molar-refractivity contribution >= 4 is 0 Å². The third kappa shape index (κ3) is 2.08. The predicted octanol–water partition coefficient (Wildman–Crippen LogP) is 0.415. The summed E-state index contributed by atoms with van der Waals surface area (Å²) in [6, 6.07) is 0. The monoisotopic (exact) mass is 202 g/mol. The van der Waals surface area contributed by atoms with E-state index in [0.717, 1.165) is 25.7 Å². The van der Waals surface area contributed by atoms with Gasteiger partial charge in [-0.15, -0.1) is 0 Å². The van der Waals surface area contributed by atoms with Crippen LogP contribution < -0.4 is 0 Å². The second-order valence-corrected chi connectivity index (χ2v) is 4.23. The van der Waals surface area contributed by atoms with Crippen molar-refractivity contribution in [2.24, 2.45) is 0 Å². The van der Waals surface area contributed by atoms with Gasteiger partial charge in [-0.05, 0) is 12.8 Å². The molecule has 2 rings (SSSR count). The smallest absolute Gasteiger partial charge is 0.168 e. The van der Waals surface area contributed by atoms with E-state index in [4.69, 9.17) is 9.47 Å². The third-order valence-electron chi connectivity index (χ3n) is 3.09. The molecule has 2 aliphatic rings. The van der Waals surface area contributed by atoms with E-state index in [1.54, 1.807) is 0 Å². The van der Waals surface area contributed by atoms with Crippen LogP contribution >= 0.6 is 0 Å². The lowest BCUT2D eigenvalue weighted by Gasteiger charge is -2.35. The molecular weight excluding hydrogens is 184 g/mol. The molecule has 2 fully saturated rings. The SMILES string of the molecule is O[C@H]1COC2(CCCCC2)OC[C@@H]1O. The molecule has 4 heteroatoms. The summed E-state index contributed by atoms with van der Waals surface area (Å²) >= 11 is 0. The van der Waals surface area contributed by atoms with E-state index in [-0.39, 0.29) is 13.2 Å². The maximum atomic E-state index is 9.42. The molecule has 0 aromatic heterocycles. The molecule has 1 heterocycles. The van der Waals surface area contributed by atoms with E-state index in [9.17, 15) is 10.2 Å². The summed E-state index contributed by atoms with van der Waals surface area (Å²) in [6.07, 6.45) is 3.57. The Morgan fingerprint density at radius 1 is 0.857 bits per heavy atom. The van der Waals surface area contributed by atoms with Crippen LogP contribution in [0.25, 0.3) is 0 Å². The Balaban J connectivity index is 1.99. The fourth-order valence-electron chi connectivity index (χ4n) is 2.12. The first kappa shape index (κ1) is 10.4. The van der Waals surface area contributed by atoms with Gasteiger partial charge in [-0.25, -0.2) is 0 Å². The average Bonchev–Trinajstić information content (AvgIpc) is 2.35. The summed E-state index contributed by atoms with van der Waals surface area (Å²) in [5.74, 6) is -0.517. The van der Waals surface area contributed by atoms with E-state index >= 15 is 0 Å². The molecule has 1 spiro atoms. The first-order valence-electron chi connectivity index (χ1n) is 5.36. The normalized spacial score (nSPS) is 38.1. The van der Waals surface area contributed by atoms with E-state index in [1.165, 1.54) is 6.42 Å². The summed E-state index contributed by atoms with van der Waals surface area (Å²) in [5.41, 5.74) is 0. The maximum Gasteiger partial charge on any atom is 0.168 e. The molecule has 0 aromatic rings. The van der Waals surface area contributed by atoms with Crippen molar-refractivity contribution in [3.63, 3.8) is 0 Å². The first-order valence-corrected chi connectivity index (χ1v) is 5.36. The minimum absolute atomic E-state index is 0.182. The van der Waals surface area contributed by atoms with Crippen molar-refractivity contribution in [1.29, 1.82) is 0 Å². The van der Waals surface area contributed by atoms with Gasteiger partial charge < -0.3 is 19.7 Å². The van der Waals surface area contributed by atoms with E-state index in [1.807, 2.05) is 0 Å². The molecule has 4 nitrogen and oxygen atoms in total. The fraction of sp³-hybridized carbons (Fsp3) is 1.00. The lowest BCUT2D eigenvalue weighted by molar-refractivity contribution is -0.245. The molecule has 2 atom stereocenters. The molecule has 14 heavy (non-hydrogen) atoms. The number of hydrogen-bond acceptors (Lipinski definition) is 4. The lowest BCUT2D eigenvalue weighted by Crippen LogP contribution is -2.37. The third-order valence-corrected chi connectivity index (χ3v) is 3.09. The molecule has 1 saturated heterocycles. The molecule has 0 amide bonds. The van der Waals surface area contributed by atoms with Gasteiger partial charge in [0.1, 0.15) is 12.2 Å². The molecule has 1 aliphatic carbocycles. The Bertz CT molecular complexity index is 175. The zero-order valence-electron chi connectivity index (χ0n) is 8.32. The number of hydrogen-bond donors (Lipinski definition) is 2.